The van der Waals surface area contributed by atoms with Gasteiger partial charge in [0.15, 0.2) is 0 Å². The van der Waals surface area contributed by atoms with Gasteiger partial charge < -0.3 is 10.6 Å². The SMILES string of the molecule is CCNc1nc(CC)nc(NCc2cc(C)c(C)s2)c1C. The zero-order chi connectivity index (χ0) is 15.4. The van der Waals surface area contributed by atoms with Gasteiger partial charge in [0.05, 0.1) is 6.54 Å². The van der Waals surface area contributed by atoms with Crippen LogP contribution in [0.5, 0.6) is 0 Å². The first kappa shape index (κ1) is 15.8. The molecule has 2 aromatic heterocycles. The summed E-state index contributed by atoms with van der Waals surface area (Å²) < 4.78 is 0. The minimum Gasteiger partial charge on any atom is -0.370 e. The van der Waals surface area contributed by atoms with E-state index in [0.717, 1.165) is 42.5 Å². The monoisotopic (exact) mass is 304 g/mol. The van der Waals surface area contributed by atoms with Crippen molar-refractivity contribution >= 4 is 23.0 Å². The number of aryl methyl sites for hydroxylation is 3. The van der Waals surface area contributed by atoms with Crippen molar-refractivity contribution in [1.82, 2.24) is 9.97 Å². The van der Waals surface area contributed by atoms with Gasteiger partial charge in [0, 0.05) is 28.3 Å². The summed E-state index contributed by atoms with van der Waals surface area (Å²) in [5.41, 5.74) is 2.44. The molecule has 0 saturated heterocycles. The Kier molecular flexibility index (Phi) is 5.17. The number of nitrogens with one attached hydrogen (secondary N) is 2. The Labute approximate surface area is 131 Å². The van der Waals surface area contributed by atoms with Crippen molar-refractivity contribution < 1.29 is 0 Å². The summed E-state index contributed by atoms with van der Waals surface area (Å²) in [6, 6.07) is 2.25. The highest BCUT2D eigenvalue weighted by molar-refractivity contribution is 7.12. The molecule has 0 aliphatic rings. The van der Waals surface area contributed by atoms with Gasteiger partial charge in [-0.1, -0.05) is 6.92 Å². The fourth-order valence-electron chi connectivity index (χ4n) is 2.14. The normalized spacial score (nSPS) is 10.7. The van der Waals surface area contributed by atoms with Crippen molar-refractivity contribution in [3.05, 3.63) is 32.8 Å². The topological polar surface area (TPSA) is 49.8 Å². The predicted molar refractivity (Wildman–Crippen MR) is 91.4 cm³/mol. The second kappa shape index (κ2) is 6.89. The molecule has 0 fully saturated rings. The van der Waals surface area contributed by atoms with Crippen LogP contribution in [0.4, 0.5) is 11.6 Å². The first-order valence-electron chi connectivity index (χ1n) is 7.46. The Balaban J connectivity index is 2.20. The average Bonchev–Trinajstić information content (AvgIpc) is 2.79. The number of hydrogen-bond acceptors (Lipinski definition) is 5. The molecule has 2 heterocycles. The fraction of sp³-hybridized carbons (Fsp3) is 0.500. The molecule has 0 aliphatic carbocycles. The van der Waals surface area contributed by atoms with E-state index in [1.807, 2.05) is 11.3 Å². The van der Waals surface area contributed by atoms with Crippen molar-refractivity contribution in [3.8, 4) is 0 Å². The number of aromatic nitrogens is 2. The van der Waals surface area contributed by atoms with Crippen molar-refractivity contribution in [2.24, 2.45) is 0 Å². The average molecular weight is 304 g/mol. The molecular weight excluding hydrogens is 280 g/mol. The summed E-state index contributed by atoms with van der Waals surface area (Å²) in [7, 11) is 0. The third-order valence-electron chi connectivity index (χ3n) is 3.50. The minimum absolute atomic E-state index is 0.811. The Hall–Kier alpha value is -1.62. The molecule has 0 radical (unpaired) electrons. The maximum atomic E-state index is 4.62. The molecule has 0 unspecified atom stereocenters. The standard InChI is InChI=1S/C16H24N4S/c1-6-14-19-15(17-7-2)11(4)16(20-14)18-9-13-8-10(3)12(5)21-13/h8H,6-7,9H2,1-5H3,(H2,17,18,19,20). The molecular formula is C16H24N4S. The molecule has 4 nitrogen and oxygen atoms in total. The van der Waals surface area contributed by atoms with Gasteiger partial charge in [0.2, 0.25) is 0 Å². The fourth-order valence-corrected chi connectivity index (χ4v) is 3.13. The van der Waals surface area contributed by atoms with Crippen LogP contribution >= 0.6 is 11.3 Å². The third-order valence-corrected chi connectivity index (χ3v) is 4.65. The van der Waals surface area contributed by atoms with Gasteiger partial charge in [-0.3, -0.25) is 0 Å². The Morgan fingerprint density at radius 2 is 1.71 bits per heavy atom. The van der Waals surface area contributed by atoms with Crippen LogP contribution in [0.15, 0.2) is 6.07 Å². The van der Waals surface area contributed by atoms with Gasteiger partial charge in [-0.15, -0.1) is 11.3 Å². The van der Waals surface area contributed by atoms with Crippen LogP contribution in [0, 0.1) is 20.8 Å². The van der Waals surface area contributed by atoms with Crippen LogP contribution in [0.2, 0.25) is 0 Å². The lowest BCUT2D eigenvalue weighted by Crippen LogP contribution is -2.10. The quantitative estimate of drug-likeness (QED) is 0.844. The molecule has 0 aliphatic heterocycles. The largest absolute Gasteiger partial charge is 0.370 e. The number of rotatable bonds is 6. The molecule has 2 aromatic rings. The lowest BCUT2D eigenvalue weighted by atomic mass is 10.2. The summed E-state index contributed by atoms with van der Waals surface area (Å²) in [6.07, 6.45) is 0.838. The maximum absolute atomic E-state index is 4.62. The van der Waals surface area contributed by atoms with E-state index in [2.05, 4.69) is 61.3 Å². The van der Waals surface area contributed by atoms with E-state index in [1.165, 1.54) is 15.3 Å². The molecule has 0 aromatic carbocycles. The summed E-state index contributed by atoms with van der Waals surface area (Å²) in [5, 5.41) is 6.78. The van der Waals surface area contributed by atoms with Crippen molar-refractivity contribution in [3.63, 3.8) is 0 Å². The molecule has 21 heavy (non-hydrogen) atoms. The van der Waals surface area contributed by atoms with Crippen LogP contribution in [0.3, 0.4) is 0 Å². The Bertz CT molecular complexity index is 599. The second-order valence-corrected chi connectivity index (χ2v) is 6.49. The highest BCUT2D eigenvalue weighted by Crippen LogP contribution is 2.24. The minimum atomic E-state index is 0.811. The van der Waals surface area contributed by atoms with Crippen molar-refractivity contribution in [2.75, 3.05) is 17.2 Å². The molecule has 0 saturated carbocycles. The van der Waals surface area contributed by atoms with Crippen molar-refractivity contribution in [1.29, 1.82) is 0 Å². The molecule has 0 atom stereocenters. The van der Waals surface area contributed by atoms with Crippen LogP contribution in [0.1, 0.15) is 40.6 Å². The van der Waals surface area contributed by atoms with Gasteiger partial charge in [0.25, 0.3) is 0 Å². The zero-order valence-electron chi connectivity index (χ0n) is 13.5. The number of thiophene rings is 1. The summed E-state index contributed by atoms with van der Waals surface area (Å²) in [4.78, 5) is 11.9. The molecule has 114 valence electrons. The van der Waals surface area contributed by atoms with Crippen LogP contribution in [-0.4, -0.2) is 16.5 Å². The van der Waals surface area contributed by atoms with E-state index in [9.17, 15) is 0 Å². The number of hydrogen-bond donors (Lipinski definition) is 2. The zero-order valence-corrected chi connectivity index (χ0v) is 14.3. The van der Waals surface area contributed by atoms with E-state index in [1.54, 1.807) is 0 Å². The van der Waals surface area contributed by atoms with Gasteiger partial charge in [-0.25, -0.2) is 9.97 Å². The lowest BCUT2D eigenvalue weighted by Gasteiger charge is -2.13. The van der Waals surface area contributed by atoms with E-state index in [-0.39, 0.29) is 0 Å². The van der Waals surface area contributed by atoms with Gasteiger partial charge in [-0.2, -0.15) is 0 Å². The highest BCUT2D eigenvalue weighted by Gasteiger charge is 2.10. The van der Waals surface area contributed by atoms with E-state index in [0.29, 0.717) is 0 Å². The van der Waals surface area contributed by atoms with E-state index >= 15 is 0 Å². The first-order valence-corrected chi connectivity index (χ1v) is 8.27. The first-order chi connectivity index (χ1) is 10.0. The van der Waals surface area contributed by atoms with Crippen LogP contribution in [0.25, 0.3) is 0 Å². The van der Waals surface area contributed by atoms with E-state index < -0.39 is 0 Å². The summed E-state index contributed by atoms with van der Waals surface area (Å²) >= 11 is 1.84. The molecule has 5 heteroatoms. The predicted octanol–water partition coefficient (Wildman–Crippen LogP) is 4.07. The Morgan fingerprint density at radius 1 is 1.05 bits per heavy atom. The lowest BCUT2D eigenvalue weighted by molar-refractivity contribution is 0.920. The molecule has 0 spiro atoms. The highest BCUT2D eigenvalue weighted by atomic mass is 32.1. The maximum Gasteiger partial charge on any atom is 0.135 e. The number of anilines is 2. The van der Waals surface area contributed by atoms with Gasteiger partial charge in [-0.05, 0) is 39.3 Å². The summed E-state index contributed by atoms with van der Waals surface area (Å²) in [5.74, 6) is 2.74. The molecule has 0 amide bonds. The molecule has 2 rings (SSSR count). The van der Waals surface area contributed by atoms with Crippen molar-refractivity contribution in [2.45, 2.75) is 47.6 Å². The molecule has 2 N–H and O–H groups in total. The van der Waals surface area contributed by atoms with Crippen LogP contribution < -0.4 is 10.6 Å². The van der Waals surface area contributed by atoms with E-state index in [4.69, 9.17) is 0 Å². The molecule has 0 bridgehead atoms. The smallest absolute Gasteiger partial charge is 0.135 e. The number of nitrogens with zero attached hydrogens (tertiary/aromatic N) is 2. The third kappa shape index (κ3) is 3.73. The van der Waals surface area contributed by atoms with Gasteiger partial charge >= 0.3 is 0 Å². The van der Waals surface area contributed by atoms with Gasteiger partial charge in [0.1, 0.15) is 17.5 Å². The van der Waals surface area contributed by atoms with Crippen LogP contribution in [-0.2, 0) is 13.0 Å². The summed E-state index contributed by atoms with van der Waals surface area (Å²) in [6.45, 7) is 12.2. The second-order valence-electron chi connectivity index (χ2n) is 5.15. The Morgan fingerprint density at radius 3 is 2.24 bits per heavy atom.